The zero-order valence-electron chi connectivity index (χ0n) is 7.57. The van der Waals surface area contributed by atoms with Crippen LogP contribution in [-0.4, -0.2) is 35.5 Å². The van der Waals surface area contributed by atoms with Crippen molar-refractivity contribution < 1.29 is 14.6 Å². The van der Waals surface area contributed by atoms with Gasteiger partial charge in [0.15, 0.2) is 0 Å². The van der Waals surface area contributed by atoms with E-state index >= 15 is 0 Å². The number of rotatable bonds is 1. The maximum absolute atomic E-state index is 11.0. The zero-order valence-corrected chi connectivity index (χ0v) is 8.73. The topological polar surface area (TPSA) is 46.5 Å². The summed E-state index contributed by atoms with van der Waals surface area (Å²) in [6.07, 6.45) is 0. The molecule has 3 nitrogen and oxygen atoms in total. The number of phenols is 1. The summed E-state index contributed by atoms with van der Waals surface area (Å²) in [5, 5.41) is 9.29. The third kappa shape index (κ3) is 2.76. The fourth-order valence-corrected chi connectivity index (χ4v) is 0.924. The normalized spacial score (nSPS) is 8.77. The molecule has 1 aromatic carbocycles. The van der Waals surface area contributed by atoms with Crippen molar-refractivity contribution >= 4 is 23.3 Å². The number of benzene rings is 1. The SMILES string of the molecule is COC(=O)c1ccc(C)cc1O.[Al]. The summed E-state index contributed by atoms with van der Waals surface area (Å²) >= 11 is 0. The monoisotopic (exact) mass is 193 g/mol. The van der Waals surface area contributed by atoms with Gasteiger partial charge in [0.2, 0.25) is 0 Å². The molecule has 13 heavy (non-hydrogen) atoms. The number of aromatic hydroxyl groups is 1. The van der Waals surface area contributed by atoms with E-state index in [4.69, 9.17) is 0 Å². The van der Waals surface area contributed by atoms with Gasteiger partial charge >= 0.3 is 5.97 Å². The van der Waals surface area contributed by atoms with E-state index in [2.05, 4.69) is 4.74 Å². The Morgan fingerprint density at radius 2 is 2.08 bits per heavy atom. The van der Waals surface area contributed by atoms with Gasteiger partial charge in [0.25, 0.3) is 0 Å². The van der Waals surface area contributed by atoms with E-state index in [1.807, 2.05) is 6.92 Å². The van der Waals surface area contributed by atoms with Gasteiger partial charge in [-0.15, -0.1) is 0 Å². The van der Waals surface area contributed by atoms with E-state index in [9.17, 15) is 9.90 Å². The van der Waals surface area contributed by atoms with Gasteiger partial charge in [-0.2, -0.15) is 0 Å². The highest BCUT2D eigenvalue weighted by atomic mass is 27.0. The molecule has 0 atom stereocenters. The van der Waals surface area contributed by atoms with Gasteiger partial charge in [-0.05, 0) is 24.6 Å². The fourth-order valence-electron chi connectivity index (χ4n) is 0.924. The zero-order chi connectivity index (χ0) is 9.14. The van der Waals surface area contributed by atoms with Gasteiger partial charge in [-0.25, -0.2) is 4.79 Å². The molecule has 0 aromatic heterocycles. The molecule has 0 bridgehead atoms. The Labute approximate surface area is 87.5 Å². The van der Waals surface area contributed by atoms with Gasteiger partial charge in [0, 0.05) is 17.4 Å². The van der Waals surface area contributed by atoms with E-state index in [1.165, 1.54) is 19.2 Å². The lowest BCUT2D eigenvalue weighted by molar-refractivity contribution is 0.0597. The van der Waals surface area contributed by atoms with Crippen LogP contribution in [0.4, 0.5) is 0 Å². The molecule has 67 valence electrons. The molecule has 1 aromatic rings. The first-order chi connectivity index (χ1) is 5.65. The average molecular weight is 193 g/mol. The van der Waals surface area contributed by atoms with Crippen LogP contribution in [0.1, 0.15) is 15.9 Å². The van der Waals surface area contributed by atoms with Crippen molar-refractivity contribution in [2.75, 3.05) is 7.11 Å². The fraction of sp³-hybridized carbons (Fsp3) is 0.222. The van der Waals surface area contributed by atoms with Crippen molar-refractivity contribution in [3.05, 3.63) is 29.3 Å². The Hall–Kier alpha value is -0.978. The maximum Gasteiger partial charge on any atom is 0.341 e. The van der Waals surface area contributed by atoms with Crippen LogP contribution in [0, 0.1) is 6.92 Å². The predicted molar refractivity (Wildman–Crippen MR) is 49.9 cm³/mol. The molecule has 0 aliphatic carbocycles. The average Bonchev–Trinajstić information content (AvgIpc) is 2.03. The number of hydrogen-bond acceptors (Lipinski definition) is 3. The number of carbonyl (C=O) groups is 1. The van der Waals surface area contributed by atoms with Crippen molar-refractivity contribution in [3.63, 3.8) is 0 Å². The molecule has 0 aliphatic rings. The van der Waals surface area contributed by atoms with Crippen molar-refractivity contribution in [2.45, 2.75) is 6.92 Å². The molecule has 0 aliphatic heterocycles. The van der Waals surface area contributed by atoms with Crippen LogP contribution in [0.15, 0.2) is 18.2 Å². The molecule has 0 heterocycles. The summed E-state index contributed by atoms with van der Waals surface area (Å²) in [7, 11) is 1.28. The van der Waals surface area contributed by atoms with Crippen LogP contribution in [0.3, 0.4) is 0 Å². The summed E-state index contributed by atoms with van der Waals surface area (Å²) < 4.78 is 4.46. The summed E-state index contributed by atoms with van der Waals surface area (Å²) in [5.74, 6) is -0.561. The van der Waals surface area contributed by atoms with Crippen LogP contribution in [-0.2, 0) is 4.74 Å². The second kappa shape index (κ2) is 4.91. The highest BCUT2D eigenvalue weighted by Gasteiger charge is 2.09. The molecule has 0 saturated heterocycles. The minimum absolute atomic E-state index is 0. The third-order valence-corrected chi connectivity index (χ3v) is 1.56. The predicted octanol–water partition coefficient (Wildman–Crippen LogP) is 1.11. The number of esters is 1. The lowest BCUT2D eigenvalue weighted by Gasteiger charge is -2.02. The Morgan fingerprint density at radius 3 is 2.54 bits per heavy atom. The molecule has 0 fully saturated rings. The number of aryl methyl sites for hydroxylation is 1. The van der Waals surface area contributed by atoms with Gasteiger partial charge < -0.3 is 9.84 Å². The lowest BCUT2D eigenvalue weighted by Crippen LogP contribution is -2.01. The third-order valence-electron chi connectivity index (χ3n) is 1.56. The quantitative estimate of drug-likeness (QED) is 0.536. The highest BCUT2D eigenvalue weighted by Crippen LogP contribution is 2.18. The van der Waals surface area contributed by atoms with Crippen molar-refractivity contribution in [1.82, 2.24) is 0 Å². The number of hydrogen-bond donors (Lipinski definition) is 1. The number of carbonyl (C=O) groups excluding carboxylic acids is 1. The summed E-state index contributed by atoms with van der Waals surface area (Å²) in [6.45, 7) is 1.83. The largest absolute Gasteiger partial charge is 0.507 e. The highest BCUT2D eigenvalue weighted by molar-refractivity contribution is 5.92. The molecule has 0 unspecified atom stereocenters. The van der Waals surface area contributed by atoms with Gasteiger partial charge in [0.1, 0.15) is 11.3 Å². The van der Waals surface area contributed by atoms with E-state index < -0.39 is 5.97 Å². The van der Waals surface area contributed by atoms with Crippen LogP contribution < -0.4 is 0 Å². The second-order valence-electron chi connectivity index (χ2n) is 2.51. The first-order valence-corrected chi connectivity index (χ1v) is 3.53. The molecular formula is C9H10AlO3. The van der Waals surface area contributed by atoms with Gasteiger partial charge in [-0.3, -0.25) is 0 Å². The Bertz CT molecular complexity index is 310. The summed E-state index contributed by atoms with van der Waals surface area (Å²) in [6, 6.07) is 4.80. The van der Waals surface area contributed by atoms with Crippen LogP contribution >= 0.6 is 0 Å². The standard InChI is InChI=1S/C9H10O3.Al/c1-6-3-4-7(8(10)5-6)9(11)12-2;/h3-5,10H,1-2H3;. The molecule has 3 radical (unpaired) electrons. The molecular weight excluding hydrogens is 183 g/mol. The molecule has 4 heteroatoms. The Kier molecular flexibility index (Phi) is 4.54. The Balaban J connectivity index is 0.00000144. The first kappa shape index (κ1) is 12.0. The van der Waals surface area contributed by atoms with E-state index in [1.54, 1.807) is 6.07 Å². The smallest absolute Gasteiger partial charge is 0.341 e. The molecule has 1 rings (SSSR count). The second-order valence-corrected chi connectivity index (χ2v) is 2.51. The van der Waals surface area contributed by atoms with Gasteiger partial charge in [0.05, 0.1) is 7.11 Å². The minimum atomic E-state index is -0.521. The van der Waals surface area contributed by atoms with Crippen LogP contribution in [0.25, 0.3) is 0 Å². The molecule has 0 spiro atoms. The summed E-state index contributed by atoms with van der Waals surface area (Å²) in [5.41, 5.74) is 1.10. The van der Waals surface area contributed by atoms with Crippen molar-refractivity contribution in [3.8, 4) is 5.75 Å². The number of phenolic OH excluding ortho intramolecular Hbond substituents is 1. The minimum Gasteiger partial charge on any atom is -0.507 e. The van der Waals surface area contributed by atoms with Crippen LogP contribution in [0.5, 0.6) is 5.75 Å². The summed E-state index contributed by atoms with van der Waals surface area (Å²) in [4.78, 5) is 11.0. The van der Waals surface area contributed by atoms with Crippen LogP contribution in [0.2, 0.25) is 0 Å². The van der Waals surface area contributed by atoms with E-state index in [-0.39, 0.29) is 28.7 Å². The molecule has 1 N–H and O–H groups in total. The molecule has 0 saturated carbocycles. The first-order valence-electron chi connectivity index (χ1n) is 3.53. The molecule has 0 amide bonds. The number of ether oxygens (including phenoxy) is 1. The van der Waals surface area contributed by atoms with Crippen molar-refractivity contribution in [2.24, 2.45) is 0 Å². The Morgan fingerprint density at radius 1 is 1.46 bits per heavy atom. The van der Waals surface area contributed by atoms with Gasteiger partial charge in [-0.1, -0.05) is 6.07 Å². The van der Waals surface area contributed by atoms with E-state index in [0.29, 0.717) is 0 Å². The number of methoxy groups -OCH3 is 1. The maximum atomic E-state index is 11.0. The lowest BCUT2D eigenvalue weighted by atomic mass is 10.1. The van der Waals surface area contributed by atoms with Crippen molar-refractivity contribution in [1.29, 1.82) is 0 Å². The van der Waals surface area contributed by atoms with E-state index in [0.717, 1.165) is 5.56 Å².